The molecule has 0 bridgehead atoms. The van der Waals surface area contributed by atoms with E-state index in [4.69, 9.17) is 4.98 Å². The average Bonchev–Trinajstić information content (AvgIpc) is 2.97. The number of fused-ring (bicyclic) bond motifs is 3. The minimum atomic E-state index is -0.900. The van der Waals surface area contributed by atoms with Crippen LogP contribution in [0.2, 0.25) is 0 Å². The molecule has 0 saturated carbocycles. The molecular formula is C19H19N3O2. The summed E-state index contributed by atoms with van der Waals surface area (Å²) in [7, 11) is 0. The summed E-state index contributed by atoms with van der Waals surface area (Å²) < 4.78 is 0. The fourth-order valence-corrected chi connectivity index (χ4v) is 3.53. The van der Waals surface area contributed by atoms with Crippen molar-refractivity contribution in [1.82, 2.24) is 9.97 Å². The predicted octanol–water partition coefficient (Wildman–Crippen LogP) is 3.97. The van der Waals surface area contributed by atoms with Crippen LogP contribution in [0.25, 0.3) is 11.0 Å². The van der Waals surface area contributed by atoms with Crippen LogP contribution in [0, 0.1) is 0 Å². The summed E-state index contributed by atoms with van der Waals surface area (Å²) >= 11 is 0. The molecule has 2 aromatic carbocycles. The van der Waals surface area contributed by atoms with Gasteiger partial charge in [-0.25, -0.2) is 9.78 Å². The SMILES string of the molecule is C[C@H]1CCc2c(ccc3[nH]c(Cc4ccccc4)nc23)N1C(=O)O. The second-order valence-corrected chi connectivity index (χ2v) is 6.35. The van der Waals surface area contributed by atoms with E-state index in [2.05, 4.69) is 17.1 Å². The van der Waals surface area contributed by atoms with Crippen molar-refractivity contribution in [3.05, 3.63) is 59.4 Å². The molecular weight excluding hydrogens is 302 g/mol. The number of amides is 1. The molecule has 1 aliphatic heterocycles. The van der Waals surface area contributed by atoms with Gasteiger partial charge < -0.3 is 10.1 Å². The Kier molecular flexibility index (Phi) is 3.49. The van der Waals surface area contributed by atoms with Gasteiger partial charge in [0.05, 0.1) is 16.7 Å². The molecule has 1 atom stereocenters. The molecule has 24 heavy (non-hydrogen) atoms. The highest BCUT2D eigenvalue weighted by atomic mass is 16.4. The molecule has 2 heterocycles. The molecule has 0 spiro atoms. The zero-order valence-corrected chi connectivity index (χ0v) is 13.5. The third-order valence-corrected chi connectivity index (χ3v) is 4.72. The number of carboxylic acid groups (broad SMARTS) is 1. The minimum Gasteiger partial charge on any atom is -0.465 e. The standard InChI is InChI=1S/C19H19N3O2/c1-12-7-8-14-16(22(12)19(23)24)10-9-15-18(14)21-17(20-15)11-13-5-3-2-4-6-13/h2-6,9-10,12H,7-8,11H2,1H3,(H,20,21)(H,23,24)/t12-/m0/s1. The second-order valence-electron chi connectivity index (χ2n) is 6.35. The molecule has 0 unspecified atom stereocenters. The number of nitrogens with zero attached hydrogens (tertiary/aromatic N) is 2. The first-order chi connectivity index (χ1) is 11.6. The average molecular weight is 321 g/mol. The lowest BCUT2D eigenvalue weighted by Crippen LogP contribution is -2.41. The normalized spacial score (nSPS) is 17.0. The second kappa shape index (κ2) is 5.67. The summed E-state index contributed by atoms with van der Waals surface area (Å²) in [6.45, 7) is 1.95. The number of H-pyrrole nitrogens is 1. The Morgan fingerprint density at radius 2 is 2.08 bits per heavy atom. The van der Waals surface area contributed by atoms with Crippen LogP contribution in [0.15, 0.2) is 42.5 Å². The Labute approximate surface area is 139 Å². The number of hydrogen-bond donors (Lipinski definition) is 2. The lowest BCUT2D eigenvalue weighted by atomic mass is 9.96. The molecule has 5 heteroatoms. The Balaban J connectivity index is 1.77. The van der Waals surface area contributed by atoms with Gasteiger partial charge in [-0.2, -0.15) is 0 Å². The van der Waals surface area contributed by atoms with Crippen molar-refractivity contribution < 1.29 is 9.90 Å². The summed E-state index contributed by atoms with van der Waals surface area (Å²) in [5, 5.41) is 9.53. The van der Waals surface area contributed by atoms with Gasteiger partial charge in [-0.15, -0.1) is 0 Å². The molecule has 4 rings (SSSR count). The first-order valence-electron chi connectivity index (χ1n) is 8.20. The number of aromatic amines is 1. The summed E-state index contributed by atoms with van der Waals surface area (Å²) in [5.41, 5.74) is 4.87. The van der Waals surface area contributed by atoms with Gasteiger partial charge in [0.15, 0.2) is 0 Å². The topological polar surface area (TPSA) is 69.2 Å². The molecule has 5 nitrogen and oxygen atoms in total. The van der Waals surface area contributed by atoms with E-state index in [-0.39, 0.29) is 6.04 Å². The minimum absolute atomic E-state index is 0.00446. The molecule has 0 radical (unpaired) electrons. The van der Waals surface area contributed by atoms with Crippen LogP contribution in [0.3, 0.4) is 0 Å². The van der Waals surface area contributed by atoms with Crippen LogP contribution in [-0.2, 0) is 12.8 Å². The van der Waals surface area contributed by atoms with Gasteiger partial charge in [-0.05, 0) is 37.5 Å². The highest BCUT2D eigenvalue weighted by molar-refractivity contribution is 5.94. The van der Waals surface area contributed by atoms with Crippen molar-refractivity contribution in [3.63, 3.8) is 0 Å². The van der Waals surface area contributed by atoms with Gasteiger partial charge >= 0.3 is 6.09 Å². The number of hydrogen-bond acceptors (Lipinski definition) is 2. The zero-order chi connectivity index (χ0) is 16.7. The van der Waals surface area contributed by atoms with Crippen LogP contribution in [-0.4, -0.2) is 27.2 Å². The van der Waals surface area contributed by atoms with Gasteiger partial charge in [0.2, 0.25) is 0 Å². The fraction of sp³-hybridized carbons (Fsp3) is 0.263. The Morgan fingerprint density at radius 1 is 1.29 bits per heavy atom. The van der Waals surface area contributed by atoms with Crippen molar-refractivity contribution in [3.8, 4) is 0 Å². The van der Waals surface area contributed by atoms with Crippen molar-refractivity contribution in [2.75, 3.05) is 4.90 Å². The van der Waals surface area contributed by atoms with E-state index >= 15 is 0 Å². The Bertz CT molecular complexity index is 902. The molecule has 1 amide bonds. The van der Waals surface area contributed by atoms with Crippen LogP contribution < -0.4 is 4.90 Å². The molecule has 1 aromatic heterocycles. The van der Waals surface area contributed by atoms with Gasteiger partial charge in [-0.1, -0.05) is 30.3 Å². The monoisotopic (exact) mass is 321 g/mol. The largest absolute Gasteiger partial charge is 0.465 e. The fourth-order valence-electron chi connectivity index (χ4n) is 3.53. The lowest BCUT2D eigenvalue weighted by Gasteiger charge is -2.33. The van der Waals surface area contributed by atoms with Crippen LogP contribution in [0.5, 0.6) is 0 Å². The van der Waals surface area contributed by atoms with Crippen molar-refractivity contribution >= 4 is 22.8 Å². The number of benzene rings is 2. The molecule has 0 saturated heterocycles. The van der Waals surface area contributed by atoms with E-state index in [0.29, 0.717) is 0 Å². The number of imidazole rings is 1. The third-order valence-electron chi connectivity index (χ3n) is 4.72. The Hall–Kier alpha value is -2.82. The van der Waals surface area contributed by atoms with Crippen molar-refractivity contribution in [2.45, 2.75) is 32.2 Å². The van der Waals surface area contributed by atoms with Crippen molar-refractivity contribution in [2.24, 2.45) is 0 Å². The first kappa shape index (κ1) is 14.8. The van der Waals surface area contributed by atoms with Crippen molar-refractivity contribution in [1.29, 1.82) is 0 Å². The maximum Gasteiger partial charge on any atom is 0.412 e. The number of rotatable bonds is 2. The van der Waals surface area contributed by atoms with E-state index in [0.717, 1.165) is 47.4 Å². The third kappa shape index (κ3) is 2.42. The molecule has 2 N–H and O–H groups in total. The van der Waals surface area contributed by atoms with Gasteiger partial charge in [0, 0.05) is 18.0 Å². The predicted molar refractivity (Wildman–Crippen MR) is 93.6 cm³/mol. The van der Waals surface area contributed by atoms with Crippen LogP contribution >= 0.6 is 0 Å². The van der Waals surface area contributed by atoms with E-state index in [1.807, 2.05) is 37.3 Å². The smallest absolute Gasteiger partial charge is 0.412 e. The zero-order valence-electron chi connectivity index (χ0n) is 13.5. The quantitative estimate of drug-likeness (QED) is 0.750. The number of aryl methyl sites for hydroxylation is 1. The Morgan fingerprint density at radius 3 is 2.83 bits per heavy atom. The van der Waals surface area contributed by atoms with Gasteiger partial charge in [-0.3, -0.25) is 4.90 Å². The maximum absolute atomic E-state index is 11.6. The number of carbonyl (C=O) groups is 1. The molecule has 122 valence electrons. The number of anilines is 1. The van der Waals surface area contributed by atoms with Crippen LogP contribution in [0.1, 0.15) is 30.3 Å². The summed E-state index contributed by atoms with van der Waals surface area (Å²) in [6, 6.07) is 14.0. The first-order valence-corrected chi connectivity index (χ1v) is 8.20. The summed E-state index contributed by atoms with van der Waals surface area (Å²) in [6.07, 6.45) is 1.51. The number of aromatic nitrogens is 2. The maximum atomic E-state index is 11.6. The highest BCUT2D eigenvalue weighted by Crippen LogP contribution is 2.35. The summed E-state index contributed by atoms with van der Waals surface area (Å²) in [5.74, 6) is 0.907. The lowest BCUT2D eigenvalue weighted by molar-refractivity contribution is 0.198. The van der Waals surface area contributed by atoms with E-state index in [9.17, 15) is 9.90 Å². The number of nitrogens with one attached hydrogen (secondary N) is 1. The molecule has 3 aromatic rings. The van der Waals surface area contributed by atoms with E-state index < -0.39 is 6.09 Å². The van der Waals surface area contributed by atoms with Crippen LogP contribution in [0.4, 0.5) is 10.5 Å². The van der Waals surface area contributed by atoms with E-state index in [1.54, 1.807) is 0 Å². The summed E-state index contributed by atoms with van der Waals surface area (Å²) in [4.78, 5) is 21.2. The highest BCUT2D eigenvalue weighted by Gasteiger charge is 2.29. The van der Waals surface area contributed by atoms with E-state index in [1.165, 1.54) is 10.5 Å². The molecule has 0 aliphatic carbocycles. The van der Waals surface area contributed by atoms with Gasteiger partial charge in [0.1, 0.15) is 5.82 Å². The molecule has 1 aliphatic rings. The molecule has 0 fully saturated rings. The van der Waals surface area contributed by atoms with Gasteiger partial charge in [0.25, 0.3) is 0 Å².